The third-order valence-corrected chi connectivity index (χ3v) is 3.53. The quantitative estimate of drug-likeness (QED) is 0.818. The highest BCUT2D eigenvalue weighted by Gasteiger charge is 2.14. The highest BCUT2D eigenvalue weighted by molar-refractivity contribution is 6.30. The van der Waals surface area contributed by atoms with Crippen molar-refractivity contribution in [2.75, 3.05) is 14.2 Å². The van der Waals surface area contributed by atoms with Crippen molar-refractivity contribution in [1.82, 2.24) is 0 Å². The van der Waals surface area contributed by atoms with Crippen molar-refractivity contribution in [3.8, 4) is 11.5 Å². The Morgan fingerprint density at radius 3 is 2.21 bits per heavy atom. The van der Waals surface area contributed by atoms with Crippen LogP contribution in [0.15, 0.2) is 42.5 Å². The van der Waals surface area contributed by atoms with Gasteiger partial charge < -0.3 is 9.47 Å². The van der Waals surface area contributed by atoms with Crippen LogP contribution in [0.25, 0.3) is 0 Å². The lowest BCUT2D eigenvalue weighted by atomic mass is 9.92. The van der Waals surface area contributed by atoms with Crippen LogP contribution < -0.4 is 9.47 Å². The molecule has 0 N–H and O–H groups in total. The molecule has 1 unspecified atom stereocenters. The third kappa shape index (κ3) is 3.02. The molecule has 0 amide bonds. The van der Waals surface area contributed by atoms with Gasteiger partial charge in [-0.1, -0.05) is 36.7 Å². The van der Waals surface area contributed by atoms with Crippen LogP contribution in [0, 0.1) is 0 Å². The lowest BCUT2D eigenvalue weighted by Crippen LogP contribution is -2.00. The Kier molecular flexibility index (Phi) is 4.33. The number of methoxy groups -OCH3 is 2. The van der Waals surface area contributed by atoms with Gasteiger partial charge >= 0.3 is 0 Å². The van der Waals surface area contributed by atoms with E-state index in [2.05, 4.69) is 6.92 Å². The van der Waals surface area contributed by atoms with E-state index in [0.29, 0.717) is 0 Å². The molecular formula is C16H17ClO2. The zero-order chi connectivity index (χ0) is 13.8. The molecule has 1 atom stereocenters. The molecule has 2 rings (SSSR count). The molecule has 0 radical (unpaired) electrons. The summed E-state index contributed by atoms with van der Waals surface area (Å²) in [7, 11) is 3.32. The fourth-order valence-electron chi connectivity index (χ4n) is 2.11. The Morgan fingerprint density at radius 2 is 1.63 bits per heavy atom. The summed E-state index contributed by atoms with van der Waals surface area (Å²) in [5.41, 5.74) is 2.33. The van der Waals surface area contributed by atoms with Crippen molar-refractivity contribution in [3.63, 3.8) is 0 Å². The van der Waals surface area contributed by atoms with Gasteiger partial charge in [-0.25, -0.2) is 0 Å². The van der Waals surface area contributed by atoms with Crippen LogP contribution >= 0.6 is 11.6 Å². The Bertz CT molecular complexity index is 549. The van der Waals surface area contributed by atoms with Crippen molar-refractivity contribution >= 4 is 11.6 Å². The minimum Gasteiger partial charge on any atom is -0.497 e. The van der Waals surface area contributed by atoms with E-state index < -0.39 is 0 Å². The van der Waals surface area contributed by atoms with Crippen LogP contribution in [0.2, 0.25) is 5.02 Å². The van der Waals surface area contributed by atoms with Gasteiger partial charge in [0.25, 0.3) is 0 Å². The first kappa shape index (κ1) is 13.8. The summed E-state index contributed by atoms with van der Waals surface area (Å²) < 4.78 is 10.7. The maximum Gasteiger partial charge on any atom is 0.126 e. The molecule has 0 saturated carbocycles. The Labute approximate surface area is 118 Å². The van der Waals surface area contributed by atoms with Crippen LogP contribution in [-0.4, -0.2) is 14.2 Å². The molecule has 0 fully saturated rings. The molecule has 2 aromatic carbocycles. The van der Waals surface area contributed by atoms with E-state index in [-0.39, 0.29) is 5.92 Å². The smallest absolute Gasteiger partial charge is 0.126 e. The fraction of sp³-hybridized carbons (Fsp3) is 0.250. The molecule has 0 aliphatic rings. The molecule has 0 aliphatic heterocycles. The number of hydrogen-bond donors (Lipinski definition) is 0. The van der Waals surface area contributed by atoms with E-state index in [1.807, 2.05) is 42.5 Å². The van der Waals surface area contributed by atoms with E-state index in [9.17, 15) is 0 Å². The average molecular weight is 277 g/mol. The standard InChI is InChI=1S/C16H17ClO2/c1-11(12-4-6-13(17)7-5-12)15-9-8-14(18-2)10-16(15)19-3/h4-11H,1-3H3. The van der Waals surface area contributed by atoms with Gasteiger partial charge in [-0.3, -0.25) is 0 Å². The molecule has 0 saturated heterocycles. The zero-order valence-electron chi connectivity index (χ0n) is 11.3. The molecule has 0 spiro atoms. The molecule has 3 heteroatoms. The Hall–Kier alpha value is -1.67. The monoisotopic (exact) mass is 276 g/mol. The SMILES string of the molecule is COc1ccc(C(C)c2ccc(Cl)cc2)c(OC)c1. The second kappa shape index (κ2) is 5.98. The van der Waals surface area contributed by atoms with Crippen LogP contribution in [0.5, 0.6) is 11.5 Å². The topological polar surface area (TPSA) is 18.5 Å². The summed E-state index contributed by atoms with van der Waals surface area (Å²) in [5, 5.41) is 0.748. The Morgan fingerprint density at radius 1 is 0.947 bits per heavy atom. The van der Waals surface area contributed by atoms with Gasteiger partial charge in [-0.05, 0) is 23.8 Å². The fourth-order valence-corrected chi connectivity index (χ4v) is 2.23. The van der Waals surface area contributed by atoms with Crippen molar-refractivity contribution in [3.05, 3.63) is 58.6 Å². The van der Waals surface area contributed by atoms with Crippen LogP contribution in [-0.2, 0) is 0 Å². The van der Waals surface area contributed by atoms with E-state index in [0.717, 1.165) is 22.1 Å². The van der Waals surface area contributed by atoms with Gasteiger partial charge in [0, 0.05) is 22.6 Å². The van der Waals surface area contributed by atoms with Gasteiger partial charge in [0.2, 0.25) is 0 Å². The second-order valence-electron chi connectivity index (χ2n) is 4.38. The van der Waals surface area contributed by atoms with E-state index in [1.165, 1.54) is 5.56 Å². The summed E-state index contributed by atoms with van der Waals surface area (Å²) in [6.07, 6.45) is 0. The number of hydrogen-bond acceptors (Lipinski definition) is 2. The van der Waals surface area contributed by atoms with Crippen LogP contribution in [0.1, 0.15) is 24.0 Å². The highest BCUT2D eigenvalue weighted by atomic mass is 35.5. The number of rotatable bonds is 4. The molecule has 100 valence electrons. The van der Waals surface area contributed by atoms with Gasteiger partial charge in [0.05, 0.1) is 14.2 Å². The maximum absolute atomic E-state index is 5.92. The predicted octanol–water partition coefficient (Wildman–Crippen LogP) is 4.51. The van der Waals surface area contributed by atoms with Crippen molar-refractivity contribution < 1.29 is 9.47 Å². The highest BCUT2D eigenvalue weighted by Crippen LogP contribution is 2.34. The summed E-state index contributed by atoms with van der Waals surface area (Å²) in [5.74, 6) is 1.86. The lowest BCUT2D eigenvalue weighted by molar-refractivity contribution is 0.390. The summed E-state index contributed by atoms with van der Waals surface area (Å²) >= 11 is 5.92. The third-order valence-electron chi connectivity index (χ3n) is 3.28. The molecule has 0 aromatic heterocycles. The lowest BCUT2D eigenvalue weighted by Gasteiger charge is -2.17. The zero-order valence-corrected chi connectivity index (χ0v) is 12.1. The van der Waals surface area contributed by atoms with Crippen LogP contribution in [0.3, 0.4) is 0 Å². The second-order valence-corrected chi connectivity index (χ2v) is 4.82. The molecule has 2 aromatic rings. The first-order valence-corrected chi connectivity index (χ1v) is 6.51. The molecule has 0 bridgehead atoms. The minimum absolute atomic E-state index is 0.234. The summed E-state index contributed by atoms with van der Waals surface area (Å²) in [6, 6.07) is 13.8. The molecule has 19 heavy (non-hydrogen) atoms. The average Bonchev–Trinajstić information content (AvgIpc) is 2.46. The van der Waals surface area contributed by atoms with Gasteiger partial charge in [-0.2, -0.15) is 0 Å². The van der Waals surface area contributed by atoms with Gasteiger partial charge in [0.15, 0.2) is 0 Å². The Balaban J connectivity index is 2.37. The molecule has 0 heterocycles. The van der Waals surface area contributed by atoms with Gasteiger partial charge in [-0.15, -0.1) is 0 Å². The molecule has 0 aliphatic carbocycles. The van der Waals surface area contributed by atoms with E-state index in [4.69, 9.17) is 21.1 Å². The summed E-state index contributed by atoms with van der Waals surface area (Å²) in [4.78, 5) is 0. The number of ether oxygens (including phenoxy) is 2. The van der Waals surface area contributed by atoms with Gasteiger partial charge in [0.1, 0.15) is 11.5 Å². The first-order valence-electron chi connectivity index (χ1n) is 6.13. The number of halogens is 1. The largest absolute Gasteiger partial charge is 0.497 e. The normalized spacial score (nSPS) is 12.0. The molecule has 2 nitrogen and oxygen atoms in total. The number of benzene rings is 2. The van der Waals surface area contributed by atoms with Crippen molar-refractivity contribution in [1.29, 1.82) is 0 Å². The van der Waals surface area contributed by atoms with Crippen molar-refractivity contribution in [2.45, 2.75) is 12.8 Å². The summed E-state index contributed by atoms with van der Waals surface area (Å²) in [6.45, 7) is 2.15. The molecular weight excluding hydrogens is 260 g/mol. The van der Waals surface area contributed by atoms with Crippen LogP contribution in [0.4, 0.5) is 0 Å². The van der Waals surface area contributed by atoms with E-state index in [1.54, 1.807) is 14.2 Å². The van der Waals surface area contributed by atoms with Crippen molar-refractivity contribution in [2.24, 2.45) is 0 Å². The van der Waals surface area contributed by atoms with E-state index >= 15 is 0 Å². The minimum atomic E-state index is 0.234. The maximum atomic E-state index is 5.92. The predicted molar refractivity (Wildman–Crippen MR) is 78.5 cm³/mol. The first-order chi connectivity index (χ1) is 9.15.